The largest absolute Gasteiger partial charge is 0.0884 e. The summed E-state index contributed by atoms with van der Waals surface area (Å²) in [6, 6.07) is 0. The first-order chi connectivity index (χ1) is 5.99. The monoisotopic (exact) mass is 196 g/mol. The molecule has 3 aliphatic carbocycles. The van der Waals surface area contributed by atoms with Gasteiger partial charge in [-0.1, -0.05) is 28.7 Å². The van der Waals surface area contributed by atoms with Gasteiger partial charge in [0.15, 0.2) is 0 Å². The summed E-state index contributed by atoms with van der Waals surface area (Å²) in [5, 5.41) is 2.48. The topological polar surface area (TPSA) is 0 Å². The van der Waals surface area contributed by atoms with Crippen LogP contribution in [0.3, 0.4) is 0 Å². The average molecular weight is 196 g/mol. The molecule has 0 atom stereocenters. The molecule has 0 bridgehead atoms. The Morgan fingerprint density at radius 2 is 0.846 bits per heavy atom. The third-order valence-electron chi connectivity index (χ3n) is 4.54. The first kappa shape index (κ1) is 8.72. The molecule has 0 radical (unpaired) electrons. The lowest BCUT2D eigenvalue weighted by molar-refractivity contribution is 0.868. The van der Waals surface area contributed by atoms with E-state index in [-0.39, 0.29) is 0 Å². The van der Waals surface area contributed by atoms with E-state index in [4.69, 9.17) is 0 Å². The van der Waals surface area contributed by atoms with Gasteiger partial charge >= 0.3 is 0 Å². The quantitative estimate of drug-likeness (QED) is 0.595. The van der Waals surface area contributed by atoms with E-state index in [1.54, 1.807) is 38.5 Å². The highest BCUT2D eigenvalue weighted by Gasteiger charge is 2.65. The van der Waals surface area contributed by atoms with E-state index in [0.717, 1.165) is 15.5 Å². The summed E-state index contributed by atoms with van der Waals surface area (Å²) in [5.74, 6) is 0. The zero-order valence-corrected chi connectivity index (χ0v) is 10.1. The minimum absolute atomic E-state index is 0.350. The van der Waals surface area contributed by atoms with Crippen molar-refractivity contribution in [2.45, 2.75) is 74.8 Å². The van der Waals surface area contributed by atoms with E-state index in [1.165, 1.54) is 0 Å². The molecule has 0 spiro atoms. The van der Waals surface area contributed by atoms with Gasteiger partial charge in [0.05, 0.1) is 0 Å². The summed E-state index contributed by atoms with van der Waals surface area (Å²) in [6.07, 6.45) is 9.27. The van der Waals surface area contributed by atoms with Crippen molar-refractivity contribution in [2.75, 3.05) is 0 Å². The maximum absolute atomic E-state index is 2.58. The molecule has 0 unspecified atom stereocenters. The van der Waals surface area contributed by atoms with E-state index < -0.39 is 0 Å². The van der Waals surface area contributed by atoms with Crippen molar-refractivity contribution in [2.24, 2.45) is 0 Å². The standard InChI is InChI=1S/C12H21P/c1-10(4-5-10)13(11(2)6-7-11)12(3)8-9-12/h4-9H2,1-3H3. The highest BCUT2D eigenvalue weighted by atomic mass is 31.1. The second-order valence-corrected chi connectivity index (χ2v) is 10.2. The third kappa shape index (κ3) is 1.21. The second kappa shape index (κ2) is 2.16. The SMILES string of the molecule is CC1(P(C2(C)CC2)C2(C)CC2)CC1. The molecule has 3 fully saturated rings. The van der Waals surface area contributed by atoms with Gasteiger partial charge in [-0.15, -0.1) is 0 Å². The maximum atomic E-state index is 2.58. The first-order valence-corrected chi connectivity index (χ1v) is 7.13. The summed E-state index contributed by atoms with van der Waals surface area (Å²) < 4.78 is 0. The fourth-order valence-electron chi connectivity index (χ4n) is 3.17. The van der Waals surface area contributed by atoms with Crippen LogP contribution < -0.4 is 0 Å². The van der Waals surface area contributed by atoms with Gasteiger partial charge in [0.1, 0.15) is 0 Å². The van der Waals surface area contributed by atoms with Gasteiger partial charge in [-0.3, -0.25) is 0 Å². The molecule has 1 heteroatoms. The molecule has 3 rings (SSSR count). The van der Waals surface area contributed by atoms with Crippen molar-refractivity contribution < 1.29 is 0 Å². The van der Waals surface area contributed by atoms with Crippen LogP contribution >= 0.6 is 7.92 Å². The number of hydrogen-bond donors (Lipinski definition) is 0. The number of rotatable bonds is 3. The molecule has 0 aromatic rings. The number of hydrogen-bond acceptors (Lipinski definition) is 0. The van der Waals surface area contributed by atoms with Gasteiger partial charge in [-0.05, 0) is 54.0 Å². The fraction of sp³-hybridized carbons (Fsp3) is 1.00. The molecule has 3 saturated carbocycles. The maximum Gasteiger partial charge on any atom is -0.0112 e. The van der Waals surface area contributed by atoms with Crippen LogP contribution in [0.1, 0.15) is 59.3 Å². The Morgan fingerprint density at radius 1 is 0.615 bits per heavy atom. The lowest BCUT2D eigenvalue weighted by atomic mass is 10.4. The van der Waals surface area contributed by atoms with Crippen LogP contribution in [-0.2, 0) is 0 Å². The summed E-state index contributed by atoms with van der Waals surface area (Å²) in [4.78, 5) is 0. The van der Waals surface area contributed by atoms with Crippen molar-refractivity contribution in [3.63, 3.8) is 0 Å². The van der Waals surface area contributed by atoms with Gasteiger partial charge in [0, 0.05) is 0 Å². The normalized spacial score (nSPS) is 36.0. The van der Waals surface area contributed by atoms with E-state index in [2.05, 4.69) is 20.8 Å². The zero-order valence-electron chi connectivity index (χ0n) is 9.19. The summed E-state index contributed by atoms with van der Waals surface area (Å²) in [5.41, 5.74) is 0. The molecule has 0 aliphatic heterocycles. The summed E-state index contributed by atoms with van der Waals surface area (Å²) >= 11 is 0. The molecule has 3 aliphatic rings. The molecule has 0 saturated heterocycles. The average Bonchev–Trinajstić information content (AvgIpc) is 2.87. The van der Waals surface area contributed by atoms with Crippen LogP contribution in [0, 0.1) is 0 Å². The van der Waals surface area contributed by atoms with E-state index >= 15 is 0 Å². The van der Waals surface area contributed by atoms with E-state index in [1.807, 2.05) is 0 Å². The minimum atomic E-state index is 0.350. The lowest BCUT2D eigenvalue weighted by Crippen LogP contribution is -2.20. The van der Waals surface area contributed by atoms with Gasteiger partial charge in [0.2, 0.25) is 0 Å². The van der Waals surface area contributed by atoms with Crippen LogP contribution in [-0.4, -0.2) is 15.5 Å². The van der Waals surface area contributed by atoms with Crippen molar-refractivity contribution in [1.29, 1.82) is 0 Å². The summed E-state index contributed by atoms with van der Waals surface area (Å²) in [6.45, 7) is 7.73. The molecule has 0 aromatic heterocycles. The van der Waals surface area contributed by atoms with Crippen LogP contribution in [0.5, 0.6) is 0 Å². The van der Waals surface area contributed by atoms with Crippen LogP contribution in [0.2, 0.25) is 0 Å². The molecule has 0 aromatic carbocycles. The third-order valence-corrected chi connectivity index (χ3v) is 9.12. The Labute approximate surface area is 83.2 Å². The van der Waals surface area contributed by atoms with Gasteiger partial charge in [0.25, 0.3) is 0 Å². The predicted octanol–water partition coefficient (Wildman–Crippen LogP) is 4.13. The highest BCUT2D eigenvalue weighted by molar-refractivity contribution is 7.63. The predicted molar refractivity (Wildman–Crippen MR) is 59.8 cm³/mol. The smallest absolute Gasteiger partial charge is 0.0112 e. The molecule has 0 N–H and O–H groups in total. The van der Waals surface area contributed by atoms with Gasteiger partial charge in [-0.2, -0.15) is 0 Å². The van der Waals surface area contributed by atoms with Crippen molar-refractivity contribution in [3.05, 3.63) is 0 Å². The van der Waals surface area contributed by atoms with Gasteiger partial charge < -0.3 is 0 Å². The van der Waals surface area contributed by atoms with Crippen molar-refractivity contribution in [1.82, 2.24) is 0 Å². The molecule has 0 nitrogen and oxygen atoms in total. The Kier molecular flexibility index (Phi) is 1.45. The molecular weight excluding hydrogens is 175 g/mol. The van der Waals surface area contributed by atoms with E-state index in [9.17, 15) is 0 Å². The lowest BCUT2D eigenvalue weighted by Gasteiger charge is -2.36. The summed E-state index contributed by atoms with van der Waals surface area (Å²) in [7, 11) is 0.350. The molecule has 74 valence electrons. The molecule has 0 amide bonds. The Morgan fingerprint density at radius 3 is 1.00 bits per heavy atom. The van der Waals surface area contributed by atoms with Crippen molar-refractivity contribution >= 4 is 7.92 Å². The first-order valence-electron chi connectivity index (χ1n) is 5.79. The van der Waals surface area contributed by atoms with Crippen LogP contribution in [0.25, 0.3) is 0 Å². The fourth-order valence-corrected chi connectivity index (χ4v) is 8.76. The molecule has 0 heterocycles. The van der Waals surface area contributed by atoms with Crippen molar-refractivity contribution in [3.8, 4) is 0 Å². The van der Waals surface area contributed by atoms with Crippen LogP contribution in [0.4, 0.5) is 0 Å². The zero-order chi connectivity index (χ0) is 9.32. The molecular formula is C12H21P. The highest BCUT2D eigenvalue weighted by Crippen LogP contribution is 2.86. The van der Waals surface area contributed by atoms with Gasteiger partial charge in [-0.25, -0.2) is 0 Å². The Bertz CT molecular complexity index is 201. The Balaban J connectivity index is 1.89. The second-order valence-electron chi connectivity index (χ2n) is 6.33. The van der Waals surface area contributed by atoms with E-state index in [0.29, 0.717) is 7.92 Å². The Hall–Kier alpha value is 0.430. The van der Waals surface area contributed by atoms with Crippen LogP contribution in [0.15, 0.2) is 0 Å². The molecule has 13 heavy (non-hydrogen) atoms. The minimum Gasteiger partial charge on any atom is -0.0884 e.